The van der Waals surface area contributed by atoms with Crippen LogP contribution in [0.4, 0.5) is 11.6 Å². The number of aromatic nitrogens is 2. The number of nitrogens with zero attached hydrogens (tertiary/aromatic N) is 3. The molecule has 0 fully saturated rings. The molecule has 3 aromatic rings. The molecule has 0 unspecified atom stereocenters. The highest BCUT2D eigenvalue weighted by molar-refractivity contribution is 5.63. The van der Waals surface area contributed by atoms with Crippen molar-refractivity contribution in [3.8, 4) is 17.0 Å². The van der Waals surface area contributed by atoms with E-state index in [0.29, 0.717) is 12.6 Å². The van der Waals surface area contributed by atoms with E-state index in [-0.39, 0.29) is 5.41 Å². The average Bonchev–Trinajstić information content (AvgIpc) is 2.75. The Bertz CT molecular complexity index is 1070. The zero-order chi connectivity index (χ0) is 22.4. The van der Waals surface area contributed by atoms with Crippen molar-refractivity contribution in [1.82, 2.24) is 14.9 Å². The van der Waals surface area contributed by atoms with E-state index in [1.165, 1.54) is 5.56 Å². The Hall–Kier alpha value is -3.18. The van der Waals surface area contributed by atoms with Gasteiger partial charge in [0.25, 0.3) is 0 Å². The Kier molecular flexibility index (Phi) is 6.86. The topological polar surface area (TPSA) is 50.3 Å². The number of hydrogen-bond acceptors (Lipinski definition) is 5. The van der Waals surface area contributed by atoms with E-state index in [9.17, 15) is 0 Å². The molecule has 6 bridgehead atoms. The third kappa shape index (κ3) is 6.41. The first-order valence-corrected chi connectivity index (χ1v) is 11.2. The molecule has 0 saturated heterocycles. The first-order chi connectivity index (χ1) is 15.4. The molecule has 0 aliphatic carbocycles. The van der Waals surface area contributed by atoms with Crippen LogP contribution in [0, 0.1) is 5.41 Å². The summed E-state index contributed by atoms with van der Waals surface area (Å²) < 4.78 is 5.98. The predicted octanol–water partition coefficient (Wildman–Crippen LogP) is 6.07. The molecule has 5 nitrogen and oxygen atoms in total. The average molecular weight is 429 g/mol. The van der Waals surface area contributed by atoms with Crippen molar-refractivity contribution in [3.63, 3.8) is 0 Å². The lowest BCUT2D eigenvalue weighted by Crippen LogP contribution is -2.32. The Morgan fingerprint density at radius 1 is 1.03 bits per heavy atom. The summed E-state index contributed by atoms with van der Waals surface area (Å²) in [5.41, 5.74) is 4.35. The minimum atomic E-state index is 0.225. The molecule has 32 heavy (non-hydrogen) atoms. The summed E-state index contributed by atoms with van der Waals surface area (Å²) in [6, 6.07) is 18.5. The molecule has 5 heteroatoms. The van der Waals surface area contributed by atoms with Gasteiger partial charge in [-0.2, -0.15) is 0 Å². The van der Waals surface area contributed by atoms with Gasteiger partial charge in [-0.05, 0) is 47.7 Å². The Labute approximate surface area is 191 Å². The van der Waals surface area contributed by atoms with Crippen molar-refractivity contribution >= 4 is 11.6 Å². The van der Waals surface area contributed by atoms with Crippen LogP contribution < -0.4 is 10.1 Å². The fourth-order valence-electron chi connectivity index (χ4n) is 3.90. The fraction of sp³-hybridized carbons (Fsp3) is 0.333. The summed E-state index contributed by atoms with van der Waals surface area (Å²) in [6.07, 6.45) is 7.15. The molecule has 0 spiro atoms. The van der Waals surface area contributed by atoms with Gasteiger partial charge in [0.1, 0.15) is 5.75 Å². The first kappa shape index (κ1) is 22.0. The van der Waals surface area contributed by atoms with E-state index >= 15 is 0 Å². The van der Waals surface area contributed by atoms with Crippen LogP contribution >= 0.6 is 0 Å². The Balaban J connectivity index is 1.65. The van der Waals surface area contributed by atoms with E-state index < -0.39 is 0 Å². The number of nitrogens with one attached hydrogen (secondary N) is 1. The monoisotopic (exact) mass is 428 g/mol. The van der Waals surface area contributed by atoms with Gasteiger partial charge in [0.2, 0.25) is 5.95 Å². The highest BCUT2D eigenvalue weighted by Gasteiger charge is 2.16. The van der Waals surface area contributed by atoms with Gasteiger partial charge in [-0.15, -0.1) is 0 Å². The zero-order valence-electron chi connectivity index (χ0n) is 19.2. The van der Waals surface area contributed by atoms with Gasteiger partial charge in [-0.3, -0.25) is 4.90 Å². The minimum absolute atomic E-state index is 0.225. The molecule has 1 aliphatic heterocycles. The maximum absolute atomic E-state index is 5.98. The summed E-state index contributed by atoms with van der Waals surface area (Å²) in [4.78, 5) is 11.6. The standard InChI is InChI=1S/C27H32N4O/c1-27(2,3)20-31-15-5-4-6-16-32-24-12-8-10-22(18-24)25-13-14-28-26(30-25)29-23-11-7-9-21(17-23)19-31/h4-5,7-14,17-18H,6,15-16,19-20H2,1-3H3,(H,28,29,30). The number of ether oxygens (including phenoxy) is 1. The van der Waals surface area contributed by atoms with Crippen LogP contribution in [-0.4, -0.2) is 34.6 Å². The van der Waals surface area contributed by atoms with Crippen molar-refractivity contribution in [3.05, 3.63) is 78.5 Å². The van der Waals surface area contributed by atoms with Crippen LogP contribution in [0.2, 0.25) is 0 Å². The highest BCUT2D eigenvalue weighted by atomic mass is 16.5. The summed E-state index contributed by atoms with van der Waals surface area (Å²) >= 11 is 0. The van der Waals surface area contributed by atoms with Gasteiger partial charge in [-0.25, -0.2) is 9.97 Å². The lowest BCUT2D eigenvalue weighted by atomic mass is 9.95. The third-order valence-corrected chi connectivity index (χ3v) is 5.16. The van der Waals surface area contributed by atoms with Crippen LogP contribution in [0.1, 0.15) is 32.8 Å². The quantitative estimate of drug-likeness (QED) is 0.477. The smallest absolute Gasteiger partial charge is 0.227 e. The molecule has 1 aromatic heterocycles. The molecule has 2 aromatic carbocycles. The Morgan fingerprint density at radius 2 is 1.91 bits per heavy atom. The summed E-state index contributed by atoms with van der Waals surface area (Å²) in [5, 5.41) is 3.37. The number of fused-ring (bicyclic) bond motifs is 7. The third-order valence-electron chi connectivity index (χ3n) is 5.16. The molecule has 0 atom stereocenters. The van der Waals surface area contributed by atoms with Crippen LogP contribution in [-0.2, 0) is 6.54 Å². The number of anilines is 2. The summed E-state index contributed by atoms with van der Waals surface area (Å²) in [7, 11) is 0. The van der Waals surface area contributed by atoms with Gasteiger partial charge < -0.3 is 10.1 Å². The molecular formula is C27H32N4O. The van der Waals surface area contributed by atoms with Crippen molar-refractivity contribution < 1.29 is 4.74 Å². The van der Waals surface area contributed by atoms with E-state index in [4.69, 9.17) is 9.72 Å². The van der Waals surface area contributed by atoms with Gasteiger partial charge in [0.15, 0.2) is 0 Å². The van der Waals surface area contributed by atoms with Crippen molar-refractivity contribution in [1.29, 1.82) is 0 Å². The van der Waals surface area contributed by atoms with Crippen molar-refractivity contribution in [2.75, 3.05) is 25.0 Å². The van der Waals surface area contributed by atoms with Gasteiger partial charge in [0.05, 0.1) is 12.3 Å². The molecule has 166 valence electrons. The van der Waals surface area contributed by atoms with Gasteiger partial charge in [0, 0.05) is 37.1 Å². The van der Waals surface area contributed by atoms with Crippen LogP contribution in [0.3, 0.4) is 0 Å². The molecule has 4 rings (SSSR count). The van der Waals surface area contributed by atoms with E-state index in [1.54, 1.807) is 6.20 Å². The SMILES string of the molecule is CC(C)(C)CN1CC=CCCOc2cccc(c2)-c2ccnc(n2)Nc2cccc(c2)C1. The lowest BCUT2D eigenvalue weighted by Gasteiger charge is -2.29. The second kappa shape index (κ2) is 9.96. The van der Waals surface area contributed by atoms with E-state index in [0.717, 1.165) is 48.7 Å². The number of rotatable bonds is 1. The molecule has 1 aliphatic rings. The molecule has 2 heterocycles. The molecule has 0 amide bonds. The van der Waals surface area contributed by atoms with Crippen LogP contribution in [0.5, 0.6) is 5.75 Å². The minimum Gasteiger partial charge on any atom is -0.493 e. The maximum Gasteiger partial charge on any atom is 0.227 e. The van der Waals surface area contributed by atoms with Gasteiger partial charge >= 0.3 is 0 Å². The molecule has 0 radical (unpaired) electrons. The second-order valence-electron chi connectivity index (χ2n) is 9.46. The maximum atomic E-state index is 5.98. The largest absolute Gasteiger partial charge is 0.493 e. The summed E-state index contributed by atoms with van der Waals surface area (Å²) in [6.45, 7) is 10.3. The van der Waals surface area contributed by atoms with Crippen molar-refractivity contribution in [2.45, 2.75) is 33.7 Å². The van der Waals surface area contributed by atoms with Crippen LogP contribution in [0.25, 0.3) is 11.3 Å². The first-order valence-electron chi connectivity index (χ1n) is 11.2. The highest BCUT2D eigenvalue weighted by Crippen LogP contribution is 2.25. The number of hydrogen-bond donors (Lipinski definition) is 1. The lowest BCUT2D eigenvalue weighted by molar-refractivity contribution is 0.201. The number of benzene rings is 2. The van der Waals surface area contributed by atoms with E-state index in [1.807, 2.05) is 30.3 Å². The fourth-order valence-corrected chi connectivity index (χ4v) is 3.90. The van der Waals surface area contributed by atoms with Gasteiger partial charge in [-0.1, -0.05) is 57.2 Å². The zero-order valence-corrected chi connectivity index (χ0v) is 19.2. The van der Waals surface area contributed by atoms with Crippen molar-refractivity contribution in [2.24, 2.45) is 5.41 Å². The molecular weight excluding hydrogens is 396 g/mol. The van der Waals surface area contributed by atoms with E-state index in [2.05, 4.69) is 72.4 Å². The molecule has 0 saturated carbocycles. The summed E-state index contributed by atoms with van der Waals surface area (Å²) in [5.74, 6) is 1.44. The predicted molar refractivity (Wildman–Crippen MR) is 131 cm³/mol. The second-order valence-corrected chi connectivity index (χ2v) is 9.46. The normalized spacial score (nSPS) is 15.2. The Morgan fingerprint density at radius 3 is 2.78 bits per heavy atom. The molecule has 1 N–H and O–H groups in total. The van der Waals surface area contributed by atoms with Crippen LogP contribution in [0.15, 0.2) is 72.9 Å².